The van der Waals surface area contributed by atoms with Crippen molar-refractivity contribution in [3.05, 3.63) is 93.2 Å². The summed E-state index contributed by atoms with van der Waals surface area (Å²) in [5, 5.41) is 2.19. The van der Waals surface area contributed by atoms with Crippen LogP contribution in [0.15, 0.2) is 66.0 Å². The number of piperazine rings is 1. The second kappa shape index (κ2) is 10.8. The zero-order valence-electron chi connectivity index (χ0n) is 20.4. The highest BCUT2D eigenvalue weighted by molar-refractivity contribution is 7.10. The molecule has 0 radical (unpaired) electrons. The summed E-state index contributed by atoms with van der Waals surface area (Å²) in [4.78, 5) is 33.7. The van der Waals surface area contributed by atoms with Gasteiger partial charge in [0.2, 0.25) is 5.91 Å². The summed E-state index contributed by atoms with van der Waals surface area (Å²) in [5.41, 5.74) is 4.64. The summed E-state index contributed by atoms with van der Waals surface area (Å²) in [5.74, 6) is 0.248. The maximum atomic E-state index is 13.1. The molecule has 0 bridgehead atoms. The van der Waals surface area contributed by atoms with Crippen molar-refractivity contribution < 1.29 is 9.59 Å². The number of hydrogen-bond acceptors (Lipinski definition) is 4. The molecule has 0 aliphatic carbocycles. The number of benzene rings is 2. The molecule has 2 amide bonds. The second-order valence-corrected chi connectivity index (χ2v) is 10.4. The van der Waals surface area contributed by atoms with Gasteiger partial charge in [-0.3, -0.25) is 14.5 Å². The second-order valence-electron chi connectivity index (χ2n) is 9.37. The number of aryl methyl sites for hydroxylation is 1. The molecule has 2 aliphatic rings. The van der Waals surface area contributed by atoms with Gasteiger partial charge in [0.25, 0.3) is 5.91 Å². The van der Waals surface area contributed by atoms with Gasteiger partial charge in [-0.15, -0.1) is 11.3 Å². The standard InChI is InChI=1S/C29H33N3O2S/c1-2-22-8-10-24(11-9-22)29(34)32-19-17-30(18-20-32)27(33)13-16-31-15-12-26-25(14-21-35-26)28(31)23-6-4-3-5-7-23/h3-11,14,21,28H,2,12-13,15-20H2,1H3/t28-/m1/s1. The van der Waals surface area contributed by atoms with Crippen molar-refractivity contribution in [3.8, 4) is 0 Å². The molecule has 1 fully saturated rings. The van der Waals surface area contributed by atoms with Gasteiger partial charge in [0, 0.05) is 56.1 Å². The Morgan fingerprint density at radius 2 is 1.60 bits per heavy atom. The lowest BCUT2D eigenvalue weighted by molar-refractivity contribution is -0.133. The first-order valence-electron chi connectivity index (χ1n) is 12.7. The molecule has 35 heavy (non-hydrogen) atoms. The molecule has 0 N–H and O–H groups in total. The molecule has 6 heteroatoms. The number of carbonyl (C=O) groups is 2. The number of rotatable bonds is 6. The molecule has 2 aromatic carbocycles. The maximum Gasteiger partial charge on any atom is 0.253 e. The monoisotopic (exact) mass is 487 g/mol. The van der Waals surface area contributed by atoms with E-state index in [4.69, 9.17) is 0 Å². The lowest BCUT2D eigenvalue weighted by Crippen LogP contribution is -2.51. The van der Waals surface area contributed by atoms with Crippen LogP contribution in [0.2, 0.25) is 0 Å². The third-order valence-corrected chi connectivity index (χ3v) is 8.32. The molecule has 5 rings (SSSR count). The van der Waals surface area contributed by atoms with E-state index in [-0.39, 0.29) is 17.9 Å². The van der Waals surface area contributed by atoms with Crippen LogP contribution in [0.3, 0.4) is 0 Å². The molecule has 1 aromatic heterocycles. The lowest BCUT2D eigenvalue weighted by Gasteiger charge is -2.38. The van der Waals surface area contributed by atoms with E-state index in [0.717, 1.165) is 31.5 Å². The summed E-state index contributed by atoms with van der Waals surface area (Å²) in [6.07, 6.45) is 2.52. The van der Waals surface area contributed by atoms with Gasteiger partial charge in [0.1, 0.15) is 0 Å². The van der Waals surface area contributed by atoms with Crippen LogP contribution in [0.1, 0.15) is 51.3 Å². The fraction of sp³-hybridized carbons (Fsp3) is 0.379. The molecule has 3 aromatic rings. The highest BCUT2D eigenvalue weighted by Gasteiger charge is 2.31. The number of thiophene rings is 1. The van der Waals surface area contributed by atoms with Gasteiger partial charge in [-0.05, 0) is 53.1 Å². The molecule has 5 nitrogen and oxygen atoms in total. The zero-order chi connectivity index (χ0) is 24.2. The van der Waals surface area contributed by atoms with Gasteiger partial charge in [-0.1, -0.05) is 49.4 Å². The predicted octanol–water partition coefficient (Wildman–Crippen LogP) is 4.63. The maximum absolute atomic E-state index is 13.1. The molecule has 0 unspecified atom stereocenters. The van der Waals surface area contributed by atoms with E-state index in [1.54, 1.807) is 0 Å². The quantitative estimate of drug-likeness (QED) is 0.509. The average molecular weight is 488 g/mol. The highest BCUT2D eigenvalue weighted by atomic mass is 32.1. The lowest BCUT2D eigenvalue weighted by atomic mass is 9.93. The van der Waals surface area contributed by atoms with Crippen LogP contribution >= 0.6 is 11.3 Å². The molecule has 3 heterocycles. The van der Waals surface area contributed by atoms with Gasteiger partial charge in [0.05, 0.1) is 6.04 Å². The fourth-order valence-electron chi connectivity index (χ4n) is 5.26. The summed E-state index contributed by atoms with van der Waals surface area (Å²) in [7, 11) is 0. The van der Waals surface area contributed by atoms with Crippen LogP contribution in [0, 0.1) is 0 Å². The molecule has 182 valence electrons. The molecule has 0 saturated carbocycles. The molecular weight excluding hydrogens is 454 g/mol. The third kappa shape index (κ3) is 5.19. The van der Waals surface area contributed by atoms with Gasteiger partial charge in [-0.2, -0.15) is 0 Å². The third-order valence-electron chi connectivity index (χ3n) is 7.32. The Kier molecular flexibility index (Phi) is 7.30. The topological polar surface area (TPSA) is 43.9 Å². The Bertz CT molecular complexity index is 1150. The summed E-state index contributed by atoms with van der Waals surface area (Å²) < 4.78 is 0. The van der Waals surface area contributed by atoms with E-state index < -0.39 is 0 Å². The van der Waals surface area contributed by atoms with Crippen molar-refractivity contribution in [1.82, 2.24) is 14.7 Å². The number of carbonyl (C=O) groups excluding carboxylic acids is 2. The molecular formula is C29H33N3O2S. The minimum atomic E-state index is 0.0605. The average Bonchev–Trinajstić information content (AvgIpc) is 3.40. The molecule has 1 atom stereocenters. The number of fused-ring (bicyclic) bond motifs is 1. The minimum absolute atomic E-state index is 0.0605. The summed E-state index contributed by atoms with van der Waals surface area (Å²) in [6, 6.07) is 21.0. The minimum Gasteiger partial charge on any atom is -0.339 e. The summed E-state index contributed by atoms with van der Waals surface area (Å²) in [6.45, 7) is 6.22. The zero-order valence-corrected chi connectivity index (χ0v) is 21.2. The van der Waals surface area contributed by atoms with Crippen molar-refractivity contribution in [2.24, 2.45) is 0 Å². The normalized spacial score (nSPS) is 18.4. The Balaban J connectivity index is 1.17. The van der Waals surface area contributed by atoms with E-state index in [0.29, 0.717) is 32.6 Å². The predicted molar refractivity (Wildman–Crippen MR) is 141 cm³/mol. The van der Waals surface area contributed by atoms with Crippen molar-refractivity contribution in [3.63, 3.8) is 0 Å². The number of hydrogen-bond donors (Lipinski definition) is 0. The van der Waals surface area contributed by atoms with Crippen LogP contribution in [-0.2, 0) is 17.6 Å². The Morgan fingerprint density at radius 3 is 2.31 bits per heavy atom. The van der Waals surface area contributed by atoms with Crippen LogP contribution < -0.4 is 0 Å². The van der Waals surface area contributed by atoms with Crippen LogP contribution in [0.25, 0.3) is 0 Å². The van der Waals surface area contributed by atoms with Gasteiger partial charge >= 0.3 is 0 Å². The fourth-order valence-corrected chi connectivity index (χ4v) is 6.16. The van der Waals surface area contributed by atoms with E-state index in [9.17, 15) is 9.59 Å². The van der Waals surface area contributed by atoms with Gasteiger partial charge in [-0.25, -0.2) is 0 Å². The van der Waals surface area contributed by atoms with Crippen molar-refractivity contribution >= 4 is 23.2 Å². The molecule has 1 saturated heterocycles. The Morgan fingerprint density at radius 1 is 0.886 bits per heavy atom. The van der Waals surface area contributed by atoms with Gasteiger partial charge < -0.3 is 9.80 Å². The van der Waals surface area contributed by atoms with Crippen molar-refractivity contribution in [1.29, 1.82) is 0 Å². The highest BCUT2D eigenvalue weighted by Crippen LogP contribution is 2.37. The van der Waals surface area contributed by atoms with E-state index in [1.165, 1.54) is 21.6 Å². The Hall–Kier alpha value is -2.96. The summed E-state index contributed by atoms with van der Waals surface area (Å²) >= 11 is 1.84. The van der Waals surface area contributed by atoms with Crippen LogP contribution in [-0.4, -0.2) is 65.8 Å². The number of nitrogens with zero attached hydrogens (tertiary/aromatic N) is 3. The smallest absolute Gasteiger partial charge is 0.253 e. The first-order valence-corrected chi connectivity index (χ1v) is 13.5. The largest absolute Gasteiger partial charge is 0.339 e. The van der Waals surface area contributed by atoms with Crippen LogP contribution in [0.4, 0.5) is 0 Å². The number of amides is 2. The molecule has 0 spiro atoms. The van der Waals surface area contributed by atoms with Crippen molar-refractivity contribution in [2.45, 2.75) is 32.2 Å². The van der Waals surface area contributed by atoms with E-state index in [1.807, 2.05) is 45.4 Å². The van der Waals surface area contributed by atoms with Gasteiger partial charge in [0.15, 0.2) is 0 Å². The molecule has 2 aliphatic heterocycles. The van der Waals surface area contributed by atoms with E-state index in [2.05, 4.69) is 53.6 Å². The SMILES string of the molecule is CCc1ccc(C(=O)N2CCN(C(=O)CCN3CCc4sccc4[C@H]3c3ccccc3)CC2)cc1. The van der Waals surface area contributed by atoms with Crippen molar-refractivity contribution in [2.75, 3.05) is 39.3 Å². The van der Waals surface area contributed by atoms with E-state index >= 15 is 0 Å². The van der Waals surface area contributed by atoms with Crippen LogP contribution in [0.5, 0.6) is 0 Å². The Labute approximate surface area is 212 Å². The first-order chi connectivity index (χ1) is 17.1. The first kappa shape index (κ1) is 23.8.